The molecule has 0 spiro atoms. The fourth-order valence-electron chi connectivity index (χ4n) is 8.71. The zero-order valence-corrected chi connectivity index (χ0v) is 21.0. The van der Waals surface area contributed by atoms with Crippen molar-refractivity contribution in [2.45, 2.75) is 96.9 Å². The number of fused-ring (bicyclic) bond motifs is 5. The molecule has 3 saturated carbocycles. The second kappa shape index (κ2) is 8.22. The molecule has 0 saturated heterocycles. The largest absolute Gasteiger partial charge is 0.450 e. The maximum Gasteiger partial charge on any atom is 0.306 e. The van der Waals surface area contributed by atoms with Crippen LogP contribution in [0.3, 0.4) is 0 Å². The molecule has 0 bridgehead atoms. The number of rotatable bonds is 5. The number of esters is 1. The van der Waals surface area contributed by atoms with Gasteiger partial charge in [0.1, 0.15) is 12.3 Å². The first-order chi connectivity index (χ1) is 15.8. The van der Waals surface area contributed by atoms with Crippen molar-refractivity contribution < 1.29 is 33.7 Å². The van der Waals surface area contributed by atoms with Gasteiger partial charge >= 0.3 is 5.97 Å². The number of aliphatic hydroxyl groups excluding tert-OH is 2. The van der Waals surface area contributed by atoms with E-state index in [0.29, 0.717) is 25.7 Å². The topological polar surface area (TPSA) is 101 Å². The van der Waals surface area contributed by atoms with Crippen molar-refractivity contribution in [3.8, 4) is 0 Å². The van der Waals surface area contributed by atoms with Crippen LogP contribution in [0.15, 0.2) is 11.6 Å². The number of Topliss-reactive ketones (excluding diaryl/α,β-unsaturated/α-hetero) is 1. The van der Waals surface area contributed by atoms with Crippen molar-refractivity contribution in [1.82, 2.24) is 0 Å². The highest BCUT2D eigenvalue weighted by molar-refractivity contribution is 5.93. The third-order valence-electron chi connectivity index (χ3n) is 10.2. The summed E-state index contributed by atoms with van der Waals surface area (Å²) in [5, 5.41) is 21.5. The minimum Gasteiger partial charge on any atom is -0.450 e. The summed E-state index contributed by atoms with van der Waals surface area (Å²) in [4.78, 5) is 38.2. The Hall–Kier alpha value is -1.60. The fraction of sp³-hybridized carbons (Fsp3) is 0.815. The van der Waals surface area contributed by atoms with Gasteiger partial charge in [0, 0.05) is 35.5 Å². The van der Waals surface area contributed by atoms with Crippen LogP contribution < -0.4 is 0 Å². The number of allylic oxidation sites excluding steroid dienone is 1. The number of hydrogen-bond donors (Lipinski definition) is 2. The van der Waals surface area contributed by atoms with Crippen molar-refractivity contribution in [3.05, 3.63) is 11.6 Å². The number of hydrogen-bond acceptors (Lipinski definition) is 6. The summed E-state index contributed by atoms with van der Waals surface area (Å²) in [7, 11) is 0. The molecule has 7 heteroatoms. The molecule has 4 aliphatic carbocycles. The monoisotopic (exact) mass is 478 g/mol. The highest BCUT2D eigenvalue weighted by Crippen LogP contribution is 2.72. The van der Waals surface area contributed by atoms with Crippen molar-refractivity contribution >= 4 is 17.5 Å². The first kappa shape index (κ1) is 25.5. The molecule has 0 heterocycles. The minimum absolute atomic E-state index is 0.00129. The van der Waals surface area contributed by atoms with E-state index >= 15 is 4.39 Å². The van der Waals surface area contributed by atoms with Crippen LogP contribution in [0, 0.1) is 34.5 Å². The van der Waals surface area contributed by atoms with E-state index in [2.05, 4.69) is 0 Å². The summed E-state index contributed by atoms with van der Waals surface area (Å²) in [6.45, 7) is 8.58. The van der Waals surface area contributed by atoms with Crippen molar-refractivity contribution in [2.24, 2.45) is 34.5 Å². The molecule has 34 heavy (non-hydrogen) atoms. The molecule has 0 aromatic carbocycles. The maximum absolute atomic E-state index is 17.4. The molecule has 4 rings (SSSR count). The lowest BCUT2D eigenvalue weighted by Crippen LogP contribution is -2.71. The zero-order valence-electron chi connectivity index (χ0n) is 21.0. The minimum atomic E-state index is -1.96. The number of ether oxygens (including phenoxy) is 1. The molecule has 0 amide bonds. The molecule has 190 valence electrons. The van der Waals surface area contributed by atoms with Gasteiger partial charge in [-0.2, -0.15) is 0 Å². The van der Waals surface area contributed by atoms with Crippen LogP contribution in [-0.4, -0.2) is 51.7 Å². The van der Waals surface area contributed by atoms with Gasteiger partial charge in [-0.1, -0.05) is 40.2 Å². The van der Waals surface area contributed by atoms with Crippen LogP contribution in [0.1, 0.15) is 79.6 Å². The van der Waals surface area contributed by atoms with E-state index in [0.717, 1.165) is 5.57 Å². The van der Waals surface area contributed by atoms with Gasteiger partial charge in [-0.3, -0.25) is 14.4 Å². The van der Waals surface area contributed by atoms with Crippen LogP contribution in [-0.2, 0) is 19.1 Å². The van der Waals surface area contributed by atoms with E-state index in [4.69, 9.17) is 4.74 Å². The quantitative estimate of drug-likeness (QED) is 0.584. The van der Waals surface area contributed by atoms with Crippen molar-refractivity contribution in [1.29, 1.82) is 0 Å². The van der Waals surface area contributed by atoms with Gasteiger partial charge in [0.2, 0.25) is 5.78 Å². The van der Waals surface area contributed by atoms with Crippen LogP contribution in [0.2, 0.25) is 0 Å². The number of halogens is 1. The van der Waals surface area contributed by atoms with Crippen LogP contribution in [0.5, 0.6) is 0 Å². The Morgan fingerprint density at radius 2 is 1.88 bits per heavy atom. The van der Waals surface area contributed by atoms with Gasteiger partial charge in [-0.15, -0.1) is 0 Å². The molecular weight excluding hydrogens is 439 g/mol. The van der Waals surface area contributed by atoms with Gasteiger partial charge in [0.15, 0.2) is 11.4 Å². The van der Waals surface area contributed by atoms with Gasteiger partial charge in [-0.05, 0) is 50.0 Å². The van der Waals surface area contributed by atoms with Crippen LogP contribution in [0.25, 0.3) is 0 Å². The van der Waals surface area contributed by atoms with Gasteiger partial charge in [0.05, 0.1) is 6.10 Å². The summed E-state index contributed by atoms with van der Waals surface area (Å²) >= 11 is 0. The number of carbonyl (C=O) groups is 3. The summed E-state index contributed by atoms with van der Waals surface area (Å²) in [5.41, 5.74) is -4.77. The van der Waals surface area contributed by atoms with Gasteiger partial charge in [-0.25, -0.2) is 4.39 Å². The number of aliphatic hydroxyl groups is 2. The Balaban J connectivity index is 1.85. The molecule has 2 N–H and O–H groups in total. The standard InChI is InChI=1S/C27H39FO6/c1-6-7-23(33)34-27(22(32)14-29)16(3)11-19-20-10-15(2)18-12-17(30)8-9-24(18,4)26(20,28)21(31)13-25(19,27)5/h12,15-16,19-21,29,31H,6-11,13-14H2,1-5H3/t15?,16?,19-,20-,21?,24-,25-,26-,27-/m0/s1. The van der Waals surface area contributed by atoms with E-state index in [1.54, 1.807) is 6.08 Å². The average Bonchev–Trinajstić information content (AvgIpc) is 2.99. The molecule has 0 aromatic heterocycles. The predicted molar refractivity (Wildman–Crippen MR) is 123 cm³/mol. The summed E-state index contributed by atoms with van der Waals surface area (Å²) < 4.78 is 23.4. The van der Waals surface area contributed by atoms with E-state index in [9.17, 15) is 24.6 Å². The molecule has 0 aliphatic heterocycles. The third kappa shape index (κ3) is 3.01. The average molecular weight is 479 g/mol. The maximum atomic E-state index is 17.4. The van der Waals surface area contributed by atoms with Gasteiger partial charge in [0.25, 0.3) is 0 Å². The summed E-state index contributed by atoms with van der Waals surface area (Å²) in [6, 6.07) is 0. The normalized spacial score (nSPS) is 47.8. The summed E-state index contributed by atoms with van der Waals surface area (Å²) in [5.74, 6) is -2.44. The molecule has 6 nitrogen and oxygen atoms in total. The first-order valence-corrected chi connectivity index (χ1v) is 12.8. The third-order valence-corrected chi connectivity index (χ3v) is 10.2. The smallest absolute Gasteiger partial charge is 0.306 e. The zero-order chi connectivity index (χ0) is 25.3. The SMILES string of the molecule is CCCC(=O)O[C@]1(C(=O)CO)C(C)C[C@H]2[C@@H]3CC(C)C4=CC(=O)CC[C@]4(C)[C@@]3(F)C(O)C[C@@]21C. The Morgan fingerprint density at radius 1 is 1.21 bits per heavy atom. The highest BCUT2D eigenvalue weighted by atomic mass is 19.1. The number of carbonyl (C=O) groups excluding carboxylic acids is 3. The Kier molecular flexibility index (Phi) is 6.17. The number of ketones is 2. The first-order valence-electron chi connectivity index (χ1n) is 12.8. The molecular formula is C27H39FO6. The molecule has 3 fully saturated rings. The predicted octanol–water partition coefficient (Wildman–Crippen LogP) is 3.72. The lowest BCUT2D eigenvalue weighted by Gasteiger charge is -2.64. The summed E-state index contributed by atoms with van der Waals surface area (Å²) in [6.07, 6.45) is 2.35. The molecule has 0 radical (unpaired) electrons. The van der Waals surface area contributed by atoms with Crippen molar-refractivity contribution in [2.75, 3.05) is 6.61 Å². The second-order valence-corrected chi connectivity index (χ2v) is 11.8. The van der Waals surface area contributed by atoms with Crippen molar-refractivity contribution in [3.63, 3.8) is 0 Å². The van der Waals surface area contributed by atoms with Crippen LogP contribution >= 0.6 is 0 Å². The van der Waals surface area contributed by atoms with E-state index in [-0.39, 0.29) is 36.9 Å². The molecule has 9 atom stereocenters. The Labute approximate surface area is 201 Å². The van der Waals surface area contributed by atoms with E-state index in [1.165, 1.54) is 0 Å². The number of alkyl halides is 1. The second-order valence-electron chi connectivity index (χ2n) is 11.8. The lowest BCUT2D eigenvalue weighted by atomic mass is 9.42. The Morgan fingerprint density at radius 3 is 2.50 bits per heavy atom. The van der Waals surface area contributed by atoms with E-state index in [1.807, 2.05) is 34.6 Å². The lowest BCUT2D eigenvalue weighted by molar-refractivity contribution is -0.238. The molecule has 0 aromatic rings. The Bertz CT molecular complexity index is 930. The highest BCUT2D eigenvalue weighted by Gasteiger charge is 2.77. The van der Waals surface area contributed by atoms with Crippen LogP contribution in [0.4, 0.5) is 4.39 Å². The molecule has 3 unspecified atom stereocenters. The fourth-order valence-corrected chi connectivity index (χ4v) is 8.71. The van der Waals surface area contributed by atoms with E-state index < -0.39 is 58.4 Å². The van der Waals surface area contributed by atoms with Gasteiger partial charge < -0.3 is 14.9 Å². The molecule has 4 aliphatic rings.